The number of aliphatic hydroxyl groups excluding tert-OH is 1. The van der Waals surface area contributed by atoms with Gasteiger partial charge in [-0.05, 0) is 31.9 Å². The molecule has 0 radical (unpaired) electrons. The summed E-state index contributed by atoms with van der Waals surface area (Å²) in [5.41, 5.74) is 0. The Labute approximate surface area is 67.5 Å². The summed E-state index contributed by atoms with van der Waals surface area (Å²) in [6.45, 7) is 2.46. The van der Waals surface area contributed by atoms with Gasteiger partial charge in [-0.15, -0.1) is 0 Å². The predicted molar refractivity (Wildman–Crippen MR) is 45.5 cm³/mol. The number of hydrogen-bond acceptors (Lipinski definition) is 1. The van der Waals surface area contributed by atoms with Crippen LogP contribution in [-0.2, 0) is 0 Å². The van der Waals surface area contributed by atoms with Crippen LogP contribution in [0.3, 0.4) is 0 Å². The molecule has 0 aliphatic rings. The Morgan fingerprint density at radius 1 is 1.36 bits per heavy atom. The van der Waals surface area contributed by atoms with E-state index in [-0.39, 0.29) is 0 Å². The molecule has 0 aliphatic heterocycles. The molecule has 0 bridgehead atoms. The van der Waals surface area contributed by atoms with Crippen LogP contribution in [0.2, 0.25) is 0 Å². The van der Waals surface area contributed by atoms with Crippen LogP contribution in [0, 0.1) is 0 Å². The average molecular weight is 153 g/mol. The maximum absolute atomic E-state index is 8.60. The minimum Gasteiger partial charge on any atom is -0.396 e. The standard InChI is InChI=1S/C9H15NO/c1-9(5-4-8-11)10-6-2-3-7-10/h2-3,6-7,9,11H,4-5,8H2,1H3. The van der Waals surface area contributed by atoms with E-state index < -0.39 is 0 Å². The molecule has 1 heterocycles. The van der Waals surface area contributed by atoms with Gasteiger partial charge in [-0.2, -0.15) is 0 Å². The molecule has 0 amide bonds. The van der Waals surface area contributed by atoms with Crippen molar-refractivity contribution in [3.05, 3.63) is 24.5 Å². The summed E-state index contributed by atoms with van der Waals surface area (Å²) < 4.78 is 2.16. The van der Waals surface area contributed by atoms with E-state index in [0.29, 0.717) is 12.6 Å². The maximum Gasteiger partial charge on any atom is 0.0431 e. The molecule has 11 heavy (non-hydrogen) atoms. The zero-order valence-electron chi connectivity index (χ0n) is 6.90. The molecule has 1 aromatic rings. The van der Waals surface area contributed by atoms with Crippen molar-refractivity contribution >= 4 is 0 Å². The van der Waals surface area contributed by atoms with Gasteiger partial charge < -0.3 is 9.67 Å². The lowest BCUT2D eigenvalue weighted by molar-refractivity contribution is 0.274. The number of rotatable bonds is 4. The fourth-order valence-electron chi connectivity index (χ4n) is 1.18. The number of nitrogens with zero attached hydrogens (tertiary/aromatic N) is 1. The van der Waals surface area contributed by atoms with Crippen LogP contribution in [0.5, 0.6) is 0 Å². The highest BCUT2D eigenvalue weighted by molar-refractivity contribution is 4.92. The molecular formula is C9H15NO. The molecule has 1 unspecified atom stereocenters. The summed E-state index contributed by atoms with van der Waals surface area (Å²) >= 11 is 0. The van der Waals surface area contributed by atoms with Gasteiger partial charge in [0, 0.05) is 25.0 Å². The first-order valence-electron chi connectivity index (χ1n) is 4.08. The van der Waals surface area contributed by atoms with Crippen LogP contribution in [0.4, 0.5) is 0 Å². The molecule has 1 atom stereocenters. The summed E-state index contributed by atoms with van der Waals surface area (Å²) in [6, 6.07) is 4.56. The average Bonchev–Trinajstić information content (AvgIpc) is 2.52. The lowest BCUT2D eigenvalue weighted by Crippen LogP contribution is -2.02. The minimum atomic E-state index is 0.297. The Bertz CT molecular complexity index is 181. The minimum absolute atomic E-state index is 0.297. The second kappa shape index (κ2) is 4.19. The molecule has 2 heteroatoms. The zero-order valence-corrected chi connectivity index (χ0v) is 6.90. The van der Waals surface area contributed by atoms with E-state index in [9.17, 15) is 0 Å². The van der Waals surface area contributed by atoms with Crippen molar-refractivity contribution in [3.63, 3.8) is 0 Å². The summed E-state index contributed by atoms with van der Waals surface area (Å²) in [5.74, 6) is 0. The van der Waals surface area contributed by atoms with Gasteiger partial charge in [-0.1, -0.05) is 0 Å². The normalized spacial score (nSPS) is 13.3. The molecule has 0 aliphatic carbocycles. The van der Waals surface area contributed by atoms with Crippen molar-refractivity contribution in [1.29, 1.82) is 0 Å². The van der Waals surface area contributed by atoms with Crippen molar-refractivity contribution < 1.29 is 5.11 Å². The Kier molecular flexibility index (Phi) is 3.17. The molecule has 0 spiro atoms. The van der Waals surface area contributed by atoms with Crippen LogP contribution >= 0.6 is 0 Å². The Hall–Kier alpha value is -0.760. The SMILES string of the molecule is CC(CCCO)n1cccc1. The Morgan fingerprint density at radius 2 is 2.00 bits per heavy atom. The van der Waals surface area contributed by atoms with Gasteiger partial charge in [0.2, 0.25) is 0 Å². The van der Waals surface area contributed by atoms with Gasteiger partial charge >= 0.3 is 0 Å². The quantitative estimate of drug-likeness (QED) is 0.701. The zero-order chi connectivity index (χ0) is 8.10. The molecule has 2 nitrogen and oxygen atoms in total. The summed E-state index contributed by atoms with van der Waals surface area (Å²) in [5, 5.41) is 8.60. The third-order valence-electron chi connectivity index (χ3n) is 1.92. The first-order valence-corrected chi connectivity index (χ1v) is 4.08. The van der Waals surface area contributed by atoms with Gasteiger partial charge in [0.1, 0.15) is 0 Å². The molecular weight excluding hydrogens is 138 g/mol. The Morgan fingerprint density at radius 3 is 2.55 bits per heavy atom. The highest BCUT2D eigenvalue weighted by atomic mass is 16.2. The van der Waals surface area contributed by atoms with Crippen LogP contribution in [0.1, 0.15) is 25.8 Å². The number of aliphatic hydroxyl groups is 1. The molecule has 1 aromatic heterocycles. The van der Waals surface area contributed by atoms with Gasteiger partial charge in [-0.25, -0.2) is 0 Å². The fraction of sp³-hybridized carbons (Fsp3) is 0.556. The summed E-state index contributed by atoms with van der Waals surface area (Å²) in [4.78, 5) is 0. The van der Waals surface area contributed by atoms with Gasteiger partial charge in [0.05, 0.1) is 0 Å². The summed E-state index contributed by atoms with van der Waals surface area (Å²) in [6.07, 6.45) is 6.05. The third-order valence-corrected chi connectivity index (χ3v) is 1.92. The monoisotopic (exact) mass is 153 g/mol. The highest BCUT2D eigenvalue weighted by Crippen LogP contribution is 2.11. The molecule has 1 rings (SSSR count). The van der Waals surface area contributed by atoms with Gasteiger partial charge in [0.25, 0.3) is 0 Å². The van der Waals surface area contributed by atoms with Gasteiger partial charge in [-0.3, -0.25) is 0 Å². The van der Waals surface area contributed by atoms with E-state index >= 15 is 0 Å². The largest absolute Gasteiger partial charge is 0.396 e. The maximum atomic E-state index is 8.60. The molecule has 0 saturated heterocycles. The molecule has 0 fully saturated rings. The van der Waals surface area contributed by atoms with Crippen LogP contribution in [0.15, 0.2) is 24.5 Å². The third kappa shape index (κ3) is 2.39. The van der Waals surface area contributed by atoms with E-state index in [1.54, 1.807) is 0 Å². The smallest absolute Gasteiger partial charge is 0.0431 e. The van der Waals surface area contributed by atoms with Crippen LogP contribution < -0.4 is 0 Å². The predicted octanol–water partition coefficient (Wildman–Crippen LogP) is 1.82. The lowest BCUT2D eigenvalue weighted by atomic mass is 10.2. The highest BCUT2D eigenvalue weighted by Gasteiger charge is 2.00. The number of hydrogen-bond donors (Lipinski definition) is 1. The Balaban J connectivity index is 2.36. The van der Waals surface area contributed by atoms with Crippen molar-refractivity contribution in [1.82, 2.24) is 4.57 Å². The van der Waals surface area contributed by atoms with Crippen molar-refractivity contribution in [3.8, 4) is 0 Å². The second-order valence-electron chi connectivity index (χ2n) is 2.85. The molecule has 0 aromatic carbocycles. The summed E-state index contributed by atoms with van der Waals surface area (Å²) in [7, 11) is 0. The van der Waals surface area contributed by atoms with Crippen LogP contribution in [-0.4, -0.2) is 16.3 Å². The molecule has 1 N–H and O–H groups in total. The first-order chi connectivity index (χ1) is 5.34. The van der Waals surface area contributed by atoms with Crippen molar-refractivity contribution in [2.75, 3.05) is 6.61 Å². The van der Waals surface area contributed by atoms with E-state index in [1.807, 2.05) is 12.1 Å². The van der Waals surface area contributed by atoms with E-state index in [2.05, 4.69) is 23.9 Å². The first kappa shape index (κ1) is 8.34. The molecule has 62 valence electrons. The van der Waals surface area contributed by atoms with E-state index in [1.165, 1.54) is 0 Å². The second-order valence-corrected chi connectivity index (χ2v) is 2.85. The number of aromatic nitrogens is 1. The van der Waals surface area contributed by atoms with Crippen molar-refractivity contribution in [2.24, 2.45) is 0 Å². The van der Waals surface area contributed by atoms with E-state index in [4.69, 9.17) is 5.11 Å². The van der Waals surface area contributed by atoms with Crippen molar-refractivity contribution in [2.45, 2.75) is 25.8 Å². The fourth-order valence-corrected chi connectivity index (χ4v) is 1.18. The lowest BCUT2D eigenvalue weighted by Gasteiger charge is -2.11. The topological polar surface area (TPSA) is 25.2 Å². The van der Waals surface area contributed by atoms with Crippen LogP contribution in [0.25, 0.3) is 0 Å². The van der Waals surface area contributed by atoms with E-state index in [0.717, 1.165) is 12.8 Å². The molecule has 0 saturated carbocycles. The van der Waals surface area contributed by atoms with Gasteiger partial charge in [0.15, 0.2) is 0 Å².